The number of rotatable bonds is 5. The summed E-state index contributed by atoms with van der Waals surface area (Å²) < 4.78 is 2.64. The van der Waals surface area contributed by atoms with Gasteiger partial charge in [-0.15, -0.1) is 11.3 Å². The Hall–Kier alpha value is -8.56. The van der Waals surface area contributed by atoms with Crippen LogP contribution in [-0.4, -0.2) is 0 Å². The molecule has 0 N–H and O–H groups in total. The molecule has 1 unspecified atom stereocenters. The minimum absolute atomic E-state index is 0.172. The molecule has 0 aliphatic heterocycles. The minimum atomic E-state index is -0.605. The van der Waals surface area contributed by atoms with E-state index in [0.717, 1.165) is 17.1 Å². The standard InChI is InChI=1S/C70H47NS/c1-69(2)60-27-13-8-24-53(60)55-38-36-48(41-64(55)69)71(66-30-16-11-20-49(66)46-34-32-45(33-35-46)44-18-4-3-5-19-44)47-37-39-63-57(40-47)51-22-7-6-21-50(51)52-23-9-14-28-61(52)70(63)62-29-15-10-25-54(62)58-42-59-56-26-12-17-31-67(56)72-68(59)43-65(58)70/h3-43H,1-2H3. The summed E-state index contributed by atoms with van der Waals surface area (Å²) in [6, 6.07) is 93.9. The monoisotopic (exact) mass is 933 g/mol. The van der Waals surface area contributed by atoms with Crippen LogP contribution in [0.3, 0.4) is 0 Å². The second kappa shape index (κ2) is 15.5. The molecular formula is C70H47NS. The van der Waals surface area contributed by atoms with Crippen molar-refractivity contribution in [2.24, 2.45) is 0 Å². The van der Waals surface area contributed by atoms with Crippen molar-refractivity contribution < 1.29 is 0 Å². The number of hydrogen-bond donors (Lipinski definition) is 0. The van der Waals surface area contributed by atoms with E-state index in [-0.39, 0.29) is 5.41 Å². The summed E-state index contributed by atoms with van der Waals surface area (Å²) in [6.07, 6.45) is 0. The van der Waals surface area contributed by atoms with Crippen LogP contribution in [0.5, 0.6) is 0 Å². The molecule has 3 aliphatic carbocycles. The molecule has 2 heteroatoms. The molecule has 12 aromatic rings. The van der Waals surface area contributed by atoms with Crippen LogP contribution in [0.1, 0.15) is 47.2 Å². The van der Waals surface area contributed by atoms with E-state index in [1.807, 2.05) is 11.3 Å². The summed E-state index contributed by atoms with van der Waals surface area (Å²) in [5, 5.41) is 2.65. The van der Waals surface area contributed by atoms with Crippen molar-refractivity contribution in [1.82, 2.24) is 0 Å². The van der Waals surface area contributed by atoms with Gasteiger partial charge in [-0.1, -0.05) is 214 Å². The fourth-order valence-corrected chi connectivity index (χ4v) is 14.2. The maximum absolute atomic E-state index is 2.55. The highest BCUT2D eigenvalue weighted by Gasteiger charge is 2.50. The van der Waals surface area contributed by atoms with E-state index in [9.17, 15) is 0 Å². The molecule has 1 spiro atoms. The van der Waals surface area contributed by atoms with Gasteiger partial charge >= 0.3 is 0 Å². The molecule has 0 saturated carbocycles. The molecule has 1 aromatic heterocycles. The molecule has 338 valence electrons. The molecule has 0 fully saturated rings. The highest BCUT2D eigenvalue weighted by atomic mass is 32.1. The molecule has 0 bridgehead atoms. The van der Waals surface area contributed by atoms with Gasteiger partial charge in [-0.2, -0.15) is 0 Å². The normalized spacial score (nSPS) is 15.2. The molecule has 0 saturated heterocycles. The Morgan fingerprint density at radius 3 is 1.54 bits per heavy atom. The predicted molar refractivity (Wildman–Crippen MR) is 304 cm³/mol. The minimum Gasteiger partial charge on any atom is -0.310 e. The zero-order chi connectivity index (χ0) is 47.7. The summed E-state index contributed by atoms with van der Waals surface area (Å²) in [7, 11) is 0. The summed E-state index contributed by atoms with van der Waals surface area (Å²) in [5.41, 5.74) is 25.6. The van der Waals surface area contributed by atoms with Gasteiger partial charge in [0.15, 0.2) is 0 Å². The Morgan fingerprint density at radius 1 is 0.292 bits per heavy atom. The van der Waals surface area contributed by atoms with E-state index >= 15 is 0 Å². The van der Waals surface area contributed by atoms with Gasteiger partial charge < -0.3 is 4.90 Å². The van der Waals surface area contributed by atoms with Crippen molar-refractivity contribution in [3.63, 3.8) is 0 Å². The molecule has 1 heterocycles. The predicted octanol–water partition coefficient (Wildman–Crippen LogP) is 19.2. The van der Waals surface area contributed by atoms with Crippen molar-refractivity contribution in [3.8, 4) is 66.8 Å². The average Bonchev–Trinajstić information content (AvgIpc) is 4.01. The zero-order valence-corrected chi connectivity index (χ0v) is 40.8. The first-order valence-electron chi connectivity index (χ1n) is 25.2. The number of anilines is 3. The van der Waals surface area contributed by atoms with Gasteiger partial charge in [0, 0.05) is 42.5 Å². The van der Waals surface area contributed by atoms with Gasteiger partial charge in [-0.25, -0.2) is 0 Å². The Kier molecular flexibility index (Phi) is 8.86. The zero-order valence-electron chi connectivity index (χ0n) is 40.0. The van der Waals surface area contributed by atoms with Gasteiger partial charge in [-0.05, 0) is 143 Å². The summed E-state index contributed by atoms with van der Waals surface area (Å²) in [6.45, 7) is 4.77. The highest BCUT2D eigenvalue weighted by molar-refractivity contribution is 7.25. The van der Waals surface area contributed by atoms with E-state index in [1.165, 1.54) is 120 Å². The maximum Gasteiger partial charge on any atom is 0.0726 e. The van der Waals surface area contributed by atoms with E-state index in [1.54, 1.807) is 0 Å². The average molecular weight is 934 g/mol. The maximum atomic E-state index is 2.55. The lowest BCUT2D eigenvalue weighted by atomic mass is 9.66. The first-order chi connectivity index (χ1) is 35.5. The van der Waals surface area contributed by atoms with Crippen LogP contribution >= 0.6 is 11.3 Å². The van der Waals surface area contributed by atoms with Crippen molar-refractivity contribution >= 4 is 48.6 Å². The van der Waals surface area contributed by atoms with Crippen molar-refractivity contribution in [3.05, 3.63) is 282 Å². The Balaban J connectivity index is 1.01. The second-order valence-electron chi connectivity index (χ2n) is 20.3. The second-order valence-corrected chi connectivity index (χ2v) is 21.4. The molecule has 1 atom stereocenters. The lowest BCUT2D eigenvalue weighted by Crippen LogP contribution is -2.29. The number of benzene rings is 11. The van der Waals surface area contributed by atoms with Crippen LogP contribution in [0.4, 0.5) is 17.1 Å². The first kappa shape index (κ1) is 41.2. The number of nitrogens with zero attached hydrogens (tertiary/aromatic N) is 1. The van der Waals surface area contributed by atoms with Gasteiger partial charge in [0.2, 0.25) is 0 Å². The third-order valence-electron chi connectivity index (χ3n) is 16.3. The fourth-order valence-electron chi connectivity index (χ4n) is 13.1. The third-order valence-corrected chi connectivity index (χ3v) is 17.5. The lowest BCUT2D eigenvalue weighted by molar-refractivity contribution is 0.660. The molecule has 0 radical (unpaired) electrons. The first-order valence-corrected chi connectivity index (χ1v) is 26.0. The molecule has 15 rings (SSSR count). The smallest absolute Gasteiger partial charge is 0.0726 e. The van der Waals surface area contributed by atoms with Crippen molar-refractivity contribution in [1.29, 1.82) is 0 Å². The topological polar surface area (TPSA) is 3.24 Å². The fraction of sp³-hybridized carbons (Fsp3) is 0.0571. The van der Waals surface area contributed by atoms with E-state index in [0.29, 0.717) is 0 Å². The molecular weight excluding hydrogens is 887 g/mol. The van der Waals surface area contributed by atoms with Crippen LogP contribution < -0.4 is 4.90 Å². The van der Waals surface area contributed by atoms with Gasteiger partial charge in [0.25, 0.3) is 0 Å². The Morgan fingerprint density at radius 2 is 0.792 bits per heavy atom. The SMILES string of the molecule is CC1(C)c2ccccc2-c2ccc(N(c3ccc4c(c3)-c3ccccc3-c3ccccc3C43c4ccccc4-c4cc5c(cc43)sc3ccccc35)c3ccccc3-c3ccc(-c4ccccc4)cc3)cc21. The van der Waals surface area contributed by atoms with Crippen LogP contribution in [-0.2, 0) is 10.8 Å². The quantitative estimate of drug-likeness (QED) is 0.166. The van der Waals surface area contributed by atoms with Gasteiger partial charge in [0.05, 0.1) is 11.1 Å². The van der Waals surface area contributed by atoms with Crippen LogP contribution in [0.25, 0.3) is 86.9 Å². The van der Waals surface area contributed by atoms with Crippen LogP contribution in [0, 0.1) is 0 Å². The molecule has 72 heavy (non-hydrogen) atoms. The summed E-state index contributed by atoms with van der Waals surface area (Å²) >= 11 is 1.91. The van der Waals surface area contributed by atoms with E-state index in [4.69, 9.17) is 0 Å². The molecule has 3 aliphatic rings. The number of fused-ring (bicyclic) bond motifs is 18. The Bertz CT molecular complexity index is 4190. The summed E-state index contributed by atoms with van der Waals surface area (Å²) in [4.78, 5) is 2.53. The number of hydrogen-bond acceptors (Lipinski definition) is 2. The molecule has 11 aromatic carbocycles. The van der Waals surface area contributed by atoms with Crippen LogP contribution in [0.15, 0.2) is 249 Å². The lowest BCUT2D eigenvalue weighted by Gasteiger charge is -2.36. The largest absolute Gasteiger partial charge is 0.310 e. The van der Waals surface area contributed by atoms with E-state index in [2.05, 4.69) is 267 Å². The van der Waals surface area contributed by atoms with Crippen molar-refractivity contribution in [2.75, 3.05) is 4.90 Å². The van der Waals surface area contributed by atoms with Crippen molar-refractivity contribution in [2.45, 2.75) is 24.7 Å². The third kappa shape index (κ3) is 5.76. The summed E-state index contributed by atoms with van der Waals surface area (Å²) in [5.74, 6) is 0. The van der Waals surface area contributed by atoms with Gasteiger partial charge in [0.1, 0.15) is 0 Å². The molecule has 1 nitrogen and oxygen atoms in total. The molecule has 0 amide bonds. The number of para-hydroxylation sites is 1. The van der Waals surface area contributed by atoms with Crippen LogP contribution in [0.2, 0.25) is 0 Å². The Labute approximate surface area is 424 Å². The number of thiophene rings is 1. The van der Waals surface area contributed by atoms with E-state index < -0.39 is 5.41 Å². The highest BCUT2D eigenvalue weighted by Crippen LogP contribution is 2.63. The van der Waals surface area contributed by atoms with Gasteiger partial charge in [-0.3, -0.25) is 0 Å².